The van der Waals surface area contributed by atoms with E-state index >= 15 is 0 Å². The summed E-state index contributed by atoms with van der Waals surface area (Å²) in [4.78, 5) is 29.4. The molecular weight excluding hydrogens is 607 g/mol. The summed E-state index contributed by atoms with van der Waals surface area (Å²) < 4.78 is 13.8. The van der Waals surface area contributed by atoms with E-state index in [1.807, 2.05) is 48.7 Å². The van der Waals surface area contributed by atoms with Crippen molar-refractivity contribution in [3.8, 4) is 0 Å². The maximum absolute atomic E-state index is 14.2. The van der Waals surface area contributed by atoms with E-state index in [0.717, 1.165) is 0 Å². The molecule has 2 heterocycles. The molecule has 0 aromatic rings. The van der Waals surface area contributed by atoms with Crippen LogP contribution in [0.3, 0.4) is 0 Å². The quantitative estimate of drug-likeness (QED) is 0.178. The van der Waals surface area contributed by atoms with Gasteiger partial charge >= 0.3 is 6.03 Å². The molecule has 0 aliphatic carbocycles. The highest BCUT2D eigenvalue weighted by atomic mass is 28.3. The Kier molecular flexibility index (Phi) is 10.4. The molecule has 258 valence electrons. The van der Waals surface area contributed by atoms with Gasteiger partial charge in [-0.1, -0.05) is 88.5 Å². The van der Waals surface area contributed by atoms with Crippen molar-refractivity contribution in [1.82, 2.24) is 10.2 Å². The van der Waals surface area contributed by atoms with Crippen LogP contribution in [0.25, 0.3) is 0 Å². The number of ether oxygens (including phenoxy) is 1. The summed E-state index contributed by atoms with van der Waals surface area (Å²) in [5.74, 6) is -2.42. The molecule has 12 heteroatoms. The highest BCUT2D eigenvalue weighted by Crippen LogP contribution is 2.60. The van der Waals surface area contributed by atoms with E-state index in [4.69, 9.17) is 9.16 Å². The zero-order valence-corrected chi connectivity index (χ0v) is 34.8. The molecule has 0 aromatic heterocycles. The first-order valence-corrected chi connectivity index (χ1v) is 25.2. The number of carbonyl (C=O) groups is 2. The average molecular weight is 675 g/mol. The lowest BCUT2D eigenvalue weighted by atomic mass is 9.66. The first kappa shape index (κ1) is 39.6. The number of hydrogen-bond acceptors (Lipinski definition) is 6. The molecule has 0 radical (unpaired) electrons. The minimum Gasteiger partial charge on any atom is -0.394 e. The molecule has 3 amide bonds. The first-order chi connectivity index (χ1) is 19.2. The predicted octanol–water partition coefficient (Wildman–Crippen LogP) is 5.50. The minimum atomic E-state index is -2.78. The Balaban J connectivity index is 3.09. The SMILES string of the molecule is CC1[C@@](N2CC(C)(C(C)(C)C)C(=O)NC2=O)([N+](C)(C)CO[SiH](C)C)O[C@H](C(O)[Si](C)(C)C(C)(C)C)[C@]1(O)[Si](C)(C)C(C)(C)C. The van der Waals surface area contributed by atoms with Crippen molar-refractivity contribution >= 4 is 37.1 Å². The monoisotopic (exact) mass is 674 g/mol. The minimum absolute atomic E-state index is 0.0822. The number of amides is 3. The van der Waals surface area contributed by atoms with Gasteiger partial charge in [0.2, 0.25) is 5.91 Å². The van der Waals surface area contributed by atoms with E-state index in [2.05, 4.69) is 86.1 Å². The molecule has 3 N–H and O–H groups in total. The third-order valence-electron chi connectivity index (χ3n) is 12.9. The summed E-state index contributed by atoms with van der Waals surface area (Å²) in [7, 11) is -2.85. The van der Waals surface area contributed by atoms with Crippen LogP contribution in [-0.2, 0) is 14.0 Å². The van der Waals surface area contributed by atoms with E-state index in [1.54, 1.807) is 4.90 Å². The first-order valence-electron chi connectivity index (χ1n) is 16.4. The second-order valence-electron chi connectivity index (χ2n) is 19.0. The van der Waals surface area contributed by atoms with Gasteiger partial charge < -0.3 is 14.6 Å². The highest BCUT2D eigenvalue weighted by Gasteiger charge is 2.79. The number of rotatable bonds is 8. The second kappa shape index (κ2) is 11.5. The standard InChI is InChI=1S/C32H67N3O6Si3/c1-22-31(39,44(18,19)29(8,9)10)23(24(36)43(16,17)28(5,6)7)41-32(22,35(12,13)21-40-42(14)15)34-20-30(11,27(2,3)4)25(37)33-26(34)38/h22-24,36,39,42H,20-21H2,1-19H3/p+1/t22?,23-,24?,30?,31-,32-/m1/s1. The van der Waals surface area contributed by atoms with Crippen LogP contribution in [0.2, 0.25) is 49.4 Å². The number of imide groups is 1. The van der Waals surface area contributed by atoms with Crippen molar-refractivity contribution < 1.29 is 33.4 Å². The van der Waals surface area contributed by atoms with Gasteiger partial charge in [-0.25, -0.2) is 9.69 Å². The molecule has 2 aliphatic heterocycles. The number of aliphatic hydroxyl groups excluding tert-OH is 1. The van der Waals surface area contributed by atoms with Crippen LogP contribution >= 0.6 is 0 Å². The van der Waals surface area contributed by atoms with Gasteiger partial charge in [0.25, 0.3) is 5.85 Å². The van der Waals surface area contributed by atoms with Gasteiger partial charge in [0.15, 0.2) is 15.8 Å². The lowest BCUT2D eigenvalue weighted by molar-refractivity contribution is -0.996. The lowest BCUT2D eigenvalue weighted by Gasteiger charge is -2.58. The molecule has 2 saturated heterocycles. The summed E-state index contributed by atoms with van der Waals surface area (Å²) in [6, 6.07) is -0.545. The summed E-state index contributed by atoms with van der Waals surface area (Å²) in [5.41, 5.74) is -2.38. The van der Waals surface area contributed by atoms with Crippen LogP contribution in [0.4, 0.5) is 4.79 Å². The molecule has 0 spiro atoms. The van der Waals surface area contributed by atoms with Crippen molar-refractivity contribution in [2.24, 2.45) is 16.7 Å². The Labute approximate surface area is 272 Å². The largest absolute Gasteiger partial charge is 0.394 e. The third-order valence-corrected chi connectivity index (χ3v) is 25.8. The zero-order chi connectivity index (χ0) is 35.1. The van der Waals surface area contributed by atoms with Gasteiger partial charge in [0.1, 0.15) is 6.10 Å². The van der Waals surface area contributed by atoms with Crippen LogP contribution in [0.15, 0.2) is 0 Å². The predicted molar refractivity (Wildman–Crippen MR) is 187 cm³/mol. The van der Waals surface area contributed by atoms with Gasteiger partial charge in [-0.3, -0.25) is 19.3 Å². The Morgan fingerprint density at radius 3 is 1.91 bits per heavy atom. The molecule has 6 atom stereocenters. The maximum Gasteiger partial charge on any atom is 0.330 e. The molecule has 2 fully saturated rings. The van der Waals surface area contributed by atoms with Crippen molar-refractivity contribution in [2.75, 3.05) is 27.4 Å². The fraction of sp³-hybridized carbons (Fsp3) is 0.938. The topological polar surface area (TPSA) is 108 Å². The van der Waals surface area contributed by atoms with Crippen molar-refractivity contribution in [2.45, 2.75) is 148 Å². The van der Waals surface area contributed by atoms with E-state index < -0.39 is 70.9 Å². The number of hydrogen-bond donors (Lipinski definition) is 3. The molecule has 2 aliphatic rings. The molecule has 0 bridgehead atoms. The van der Waals surface area contributed by atoms with Gasteiger partial charge in [-0.2, -0.15) is 0 Å². The number of urea groups is 1. The summed E-state index contributed by atoms with van der Waals surface area (Å²) in [6.07, 6.45) is -0.959. The zero-order valence-electron chi connectivity index (χ0n) is 31.6. The fourth-order valence-electron chi connectivity index (χ4n) is 6.85. The van der Waals surface area contributed by atoms with Gasteiger partial charge in [0, 0.05) is 6.54 Å². The maximum atomic E-state index is 14.2. The second-order valence-corrected chi connectivity index (χ2v) is 32.5. The van der Waals surface area contributed by atoms with Crippen LogP contribution in [0, 0.1) is 16.7 Å². The molecule has 0 aromatic carbocycles. The van der Waals surface area contributed by atoms with E-state index in [1.165, 1.54) is 0 Å². The number of quaternary nitrogens is 1. The molecular formula is C32H68N3O6Si3+. The molecule has 2 rings (SSSR count). The summed E-state index contributed by atoms with van der Waals surface area (Å²) >= 11 is 0. The van der Waals surface area contributed by atoms with Crippen molar-refractivity contribution in [3.05, 3.63) is 0 Å². The Hall–Kier alpha value is -0.609. The Bertz CT molecular complexity index is 1110. The van der Waals surface area contributed by atoms with E-state index in [9.17, 15) is 19.8 Å². The number of nitrogens with one attached hydrogen (secondary N) is 1. The van der Waals surface area contributed by atoms with Gasteiger partial charge in [-0.05, 0) is 42.4 Å². The van der Waals surface area contributed by atoms with E-state index in [0.29, 0.717) is 0 Å². The van der Waals surface area contributed by atoms with Crippen LogP contribution < -0.4 is 5.32 Å². The van der Waals surface area contributed by atoms with Crippen LogP contribution in [0.5, 0.6) is 0 Å². The Morgan fingerprint density at radius 1 is 1.05 bits per heavy atom. The molecule has 44 heavy (non-hydrogen) atoms. The fourth-order valence-corrected chi connectivity index (χ4v) is 13.1. The molecule has 0 saturated carbocycles. The van der Waals surface area contributed by atoms with Crippen LogP contribution in [0.1, 0.15) is 76.2 Å². The summed E-state index contributed by atoms with van der Waals surface area (Å²) in [5, 5.41) is 26.8. The lowest BCUT2D eigenvalue weighted by Crippen LogP contribution is -2.79. The Morgan fingerprint density at radius 2 is 1.52 bits per heavy atom. The van der Waals surface area contributed by atoms with Crippen LogP contribution in [-0.4, -0.2) is 107 Å². The molecule has 3 unspecified atom stereocenters. The number of aliphatic hydroxyl groups is 2. The highest BCUT2D eigenvalue weighted by molar-refractivity contribution is 6.84. The normalized spacial score (nSPS) is 32.4. The summed E-state index contributed by atoms with van der Waals surface area (Å²) in [6.45, 7) is 36.1. The smallest absolute Gasteiger partial charge is 0.330 e. The van der Waals surface area contributed by atoms with Crippen molar-refractivity contribution in [3.63, 3.8) is 0 Å². The third kappa shape index (κ3) is 5.75. The van der Waals surface area contributed by atoms with Gasteiger partial charge in [0.05, 0.1) is 52.5 Å². The number of nitrogens with zero attached hydrogens (tertiary/aromatic N) is 2. The van der Waals surface area contributed by atoms with Gasteiger partial charge in [-0.15, -0.1) is 0 Å². The average Bonchev–Trinajstić information content (AvgIpc) is 3.07. The number of carbonyl (C=O) groups excluding carboxylic acids is 2. The molecule has 9 nitrogen and oxygen atoms in total. The van der Waals surface area contributed by atoms with Crippen molar-refractivity contribution in [1.29, 1.82) is 0 Å². The van der Waals surface area contributed by atoms with E-state index in [-0.39, 0.29) is 33.7 Å².